The molecule has 122 valence electrons. The van der Waals surface area contributed by atoms with Crippen LogP contribution in [-0.2, 0) is 16.0 Å². The van der Waals surface area contributed by atoms with E-state index >= 15 is 0 Å². The van der Waals surface area contributed by atoms with Crippen LogP contribution in [0, 0.1) is 0 Å². The highest BCUT2D eigenvalue weighted by atomic mass is 32.1. The summed E-state index contributed by atoms with van der Waals surface area (Å²) in [7, 11) is 2.08. The maximum atomic E-state index is 12.4. The molecule has 0 unspecified atom stereocenters. The van der Waals surface area contributed by atoms with Crippen molar-refractivity contribution in [3.63, 3.8) is 0 Å². The maximum absolute atomic E-state index is 12.4. The molecule has 0 radical (unpaired) electrons. The Hall–Kier alpha value is -1.99. The first-order chi connectivity index (χ1) is 11.0. The number of fused-ring (bicyclic) bond motifs is 1. The molecule has 3 rings (SSSR count). The van der Waals surface area contributed by atoms with Gasteiger partial charge in [0.2, 0.25) is 11.8 Å². The fraction of sp³-hybridized carbons (Fsp3) is 0.438. The lowest BCUT2D eigenvalue weighted by atomic mass is 10.1. The summed E-state index contributed by atoms with van der Waals surface area (Å²) in [5.41, 5.74) is 1.83. The molecule has 23 heavy (non-hydrogen) atoms. The van der Waals surface area contributed by atoms with E-state index in [1.165, 1.54) is 18.3 Å². The number of aromatic nitrogens is 1. The average molecular weight is 332 g/mol. The molecule has 0 bridgehead atoms. The predicted octanol–water partition coefficient (Wildman–Crippen LogP) is 1.57. The van der Waals surface area contributed by atoms with Gasteiger partial charge in [0.15, 0.2) is 5.13 Å². The van der Waals surface area contributed by atoms with Gasteiger partial charge in [0, 0.05) is 33.1 Å². The molecule has 1 fully saturated rings. The summed E-state index contributed by atoms with van der Waals surface area (Å²) in [5, 5.41) is 3.29. The van der Waals surface area contributed by atoms with E-state index in [1.807, 2.05) is 23.1 Å². The van der Waals surface area contributed by atoms with Crippen molar-refractivity contribution >= 4 is 38.5 Å². The standard InChI is InChI=1S/C16H20N4O2S/c1-11(21)17-16-18-13-4-3-12(9-14(13)23-16)10-15(22)20-7-5-19(2)6-8-20/h3-4,9H,5-8,10H2,1-2H3,(H,17,18,21). The summed E-state index contributed by atoms with van der Waals surface area (Å²) in [6.45, 7) is 4.92. The van der Waals surface area contributed by atoms with Crippen LogP contribution in [0.5, 0.6) is 0 Å². The second-order valence-electron chi connectivity index (χ2n) is 5.86. The monoisotopic (exact) mass is 332 g/mol. The Bertz CT molecular complexity index is 735. The number of benzene rings is 1. The lowest BCUT2D eigenvalue weighted by Gasteiger charge is -2.32. The fourth-order valence-corrected chi connectivity index (χ4v) is 3.60. The third-order valence-corrected chi connectivity index (χ3v) is 4.88. The molecule has 1 aromatic carbocycles. The number of hydrogen-bond donors (Lipinski definition) is 1. The molecule has 0 atom stereocenters. The summed E-state index contributed by atoms with van der Waals surface area (Å²) in [4.78, 5) is 32.0. The van der Waals surface area contributed by atoms with Crippen molar-refractivity contribution in [3.8, 4) is 0 Å². The van der Waals surface area contributed by atoms with Gasteiger partial charge >= 0.3 is 0 Å². The van der Waals surface area contributed by atoms with Gasteiger partial charge in [-0.05, 0) is 24.7 Å². The third-order valence-electron chi connectivity index (χ3n) is 3.95. The van der Waals surface area contributed by atoms with Crippen molar-refractivity contribution < 1.29 is 9.59 Å². The molecule has 1 N–H and O–H groups in total. The SMILES string of the molecule is CC(=O)Nc1nc2ccc(CC(=O)N3CCN(C)CC3)cc2s1. The number of thiazole rings is 1. The van der Waals surface area contributed by atoms with Gasteiger partial charge in [0.25, 0.3) is 0 Å². The molecule has 6 nitrogen and oxygen atoms in total. The first-order valence-corrected chi connectivity index (χ1v) is 8.46. The number of carbonyl (C=O) groups excluding carboxylic acids is 2. The number of amides is 2. The summed E-state index contributed by atoms with van der Waals surface area (Å²) in [6.07, 6.45) is 0.410. The van der Waals surface area contributed by atoms with Gasteiger partial charge in [-0.1, -0.05) is 17.4 Å². The number of likely N-dealkylation sites (N-methyl/N-ethyl adjacent to an activating group) is 1. The Kier molecular flexibility index (Phi) is 4.58. The zero-order valence-corrected chi connectivity index (χ0v) is 14.2. The number of carbonyl (C=O) groups is 2. The largest absolute Gasteiger partial charge is 0.340 e. The van der Waals surface area contributed by atoms with E-state index in [4.69, 9.17) is 0 Å². The molecule has 1 saturated heterocycles. The van der Waals surface area contributed by atoms with Crippen LogP contribution < -0.4 is 5.32 Å². The molecule has 1 aliphatic rings. The van der Waals surface area contributed by atoms with Crippen molar-refractivity contribution in [2.75, 3.05) is 38.5 Å². The van der Waals surface area contributed by atoms with Crippen molar-refractivity contribution in [3.05, 3.63) is 23.8 Å². The Morgan fingerprint density at radius 2 is 2.00 bits per heavy atom. The van der Waals surface area contributed by atoms with E-state index < -0.39 is 0 Å². The van der Waals surface area contributed by atoms with Gasteiger partial charge in [-0.3, -0.25) is 9.59 Å². The van der Waals surface area contributed by atoms with Gasteiger partial charge in [0.1, 0.15) is 0 Å². The molecule has 0 saturated carbocycles. The normalized spacial score (nSPS) is 15.8. The van der Waals surface area contributed by atoms with Gasteiger partial charge in [-0.2, -0.15) is 0 Å². The highest BCUT2D eigenvalue weighted by Crippen LogP contribution is 2.27. The Balaban J connectivity index is 1.70. The highest BCUT2D eigenvalue weighted by molar-refractivity contribution is 7.22. The van der Waals surface area contributed by atoms with Crippen LogP contribution >= 0.6 is 11.3 Å². The lowest BCUT2D eigenvalue weighted by molar-refractivity contribution is -0.132. The first kappa shape index (κ1) is 15.9. The van der Waals surface area contributed by atoms with Crippen LogP contribution in [0.2, 0.25) is 0 Å². The first-order valence-electron chi connectivity index (χ1n) is 7.64. The summed E-state index contributed by atoms with van der Waals surface area (Å²) >= 11 is 1.43. The Labute approximate surface area is 139 Å². The van der Waals surface area contributed by atoms with E-state index in [0.717, 1.165) is 42.0 Å². The van der Waals surface area contributed by atoms with Crippen molar-refractivity contribution in [2.45, 2.75) is 13.3 Å². The third kappa shape index (κ3) is 3.86. The van der Waals surface area contributed by atoms with Crippen LogP contribution in [0.15, 0.2) is 18.2 Å². The van der Waals surface area contributed by atoms with E-state index in [1.54, 1.807) is 0 Å². The average Bonchev–Trinajstić information content (AvgIpc) is 2.88. The van der Waals surface area contributed by atoms with Gasteiger partial charge in [0.05, 0.1) is 16.6 Å². The van der Waals surface area contributed by atoms with E-state index in [9.17, 15) is 9.59 Å². The van der Waals surface area contributed by atoms with Crippen LogP contribution in [-0.4, -0.2) is 59.8 Å². The molecular formula is C16H20N4O2S. The quantitative estimate of drug-likeness (QED) is 0.927. The summed E-state index contributed by atoms with van der Waals surface area (Å²) in [5.74, 6) is 0.0403. The predicted molar refractivity (Wildman–Crippen MR) is 91.7 cm³/mol. The summed E-state index contributed by atoms with van der Waals surface area (Å²) in [6, 6.07) is 5.84. The molecule has 1 aliphatic heterocycles. The molecule has 1 aromatic heterocycles. The fourth-order valence-electron chi connectivity index (χ4n) is 2.63. The summed E-state index contributed by atoms with van der Waals surface area (Å²) < 4.78 is 0.984. The topological polar surface area (TPSA) is 65.5 Å². The van der Waals surface area contributed by atoms with E-state index in [2.05, 4.69) is 22.2 Å². The minimum atomic E-state index is -0.130. The van der Waals surface area contributed by atoms with Crippen LogP contribution in [0.3, 0.4) is 0 Å². The van der Waals surface area contributed by atoms with E-state index in [-0.39, 0.29) is 11.8 Å². The Morgan fingerprint density at radius 3 is 2.70 bits per heavy atom. The van der Waals surface area contributed by atoms with Gasteiger partial charge in [-0.25, -0.2) is 4.98 Å². The number of nitrogens with one attached hydrogen (secondary N) is 1. The van der Waals surface area contributed by atoms with Crippen LogP contribution in [0.1, 0.15) is 12.5 Å². The molecule has 2 heterocycles. The van der Waals surface area contributed by atoms with Crippen LogP contribution in [0.4, 0.5) is 5.13 Å². The van der Waals surface area contributed by atoms with Gasteiger partial charge < -0.3 is 15.1 Å². The molecular weight excluding hydrogens is 312 g/mol. The molecule has 0 aliphatic carbocycles. The smallest absolute Gasteiger partial charge is 0.227 e. The molecule has 2 amide bonds. The van der Waals surface area contributed by atoms with Gasteiger partial charge in [-0.15, -0.1) is 0 Å². The van der Waals surface area contributed by atoms with Crippen molar-refractivity contribution in [1.29, 1.82) is 0 Å². The number of nitrogens with zero attached hydrogens (tertiary/aromatic N) is 3. The molecule has 7 heteroatoms. The number of hydrogen-bond acceptors (Lipinski definition) is 5. The number of piperazine rings is 1. The van der Waals surface area contributed by atoms with Crippen molar-refractivity contribution in [1.82, 2.24) is 14.8 Å². The maximum Gasteiger partial charge on any atom is 0.227 e. The second-order valence-corrected chi connectivity index (χ2v) is 6.89. The molecule has 2 aromatic rings. The highest BCUT2D eigenvalue weighted by Gasteiger charge is 2.19. The number of rotatable bonds is 3. The Morgan fingerprint density at radius 1 is 1.26 bits per heavy atom. The zero-order chi connectivity index (χ0) is 16.4. The van der Waals surface area contributed by atoms with E-state index in [0.29, 0.717) is 11.6 Å². The second kappa shape index (κ2) is 6.64. The van der Waals surface area contributed by atoms with Crippen LogP contribution in [0.25, 0.3) is 10.2 Å². The molecule has 0 spiro atoms. The lowest BCUT2D eigenvalue weighted by Crippen LogP contribution is -2.47. The minimum absolute atomic E-state index is 0.130. The zero-order valence-electron chi connectivity index (χ0n) is 13.3. The van der Waals surface area contributed by atoms with Crippen molar-refractivity contribution in [2.24, 2.45) is 0 Å². The number of anilines is 1. The minimum Gasteiger partial charge on any atom is -0.340 e.